The molecule has 4 rings (SSSR count). The minimum Gasteiger partial charge on any atom is -0.452 e. The molecule has 160 valence electrons. The highest BCUT2D eigenvalue weighted by molar-refractivity contribution is 7.90. The van der Waals surface area contributed by atoms with Crippen molar-refractivity contribution in [3.05, 3.63) is 77.1 Å². The Kier molecular flexibility index (Phi) is 5.32. The zero-order valence-corrected chi connectivity index (χ0v) is 17.4. The van der Waals surface area contributed by atoms with Crippen molar-refractivity contribution in [2.75, 3.05) is 5.32 Å². The number of aryl methyl sites for hydroxylation is 2. The van der Waals surface area contributed by atoms with Crippen molar-refractivity contribution in [1.82, 2.24) is 9.71 Å². The van der Waals surface area contributed by atoms with Crippen molar-refractivity contribution in [2.24, 2.45) is 4.99 Å². The van der Waals surface area contributed by atoms with E-state index in [9.17, 15) is 17.2 Å². The Labute approximate surface area is 177 Å². The predicted octanol–water partition coefficient (Wildman–Crippen LogP) is 4.03. The summed E-state index contributed by atoms with van der Waals surface area (Å²) in [4.78, 5) is 7.93. The van der Waals surface area contributed by atoms with Gasteiger partial charge in [0.05, 0.1) is 12.2 Å². The number of anilines is 1. The van der Waals surface area contributed by atoms with Crippen molar-refractivity contribution in [1.29, 1.82) is 0 Å². The first-order valence-electron chi connectivity index (χ1n) is 9.26. The van der Waals surface area contributed by atoms with Crippen LogP contribution in [-0.2, 0) is 16.6 Å². The molecule has 2 N–H and O–H groups in total. The topological polar surface area (TPSA) is 92.7 Å². The maximum atomic E-state index is 14.7. The molecule has 2 aromatic carbocycles. The molecular formula is C21H18F2N4O3S. The zero-order chi connectivity index (χ0) is 22.2. The standard InChI is InChI=1S/C21H18F2N4O3S/c1-12-7-5-9-24-15(12)11-25-21-26-19-17(31(28,29)27-21)10-14(22)18(23)20(19)30-16-8-4-3-6-13(16)2/h3-10H,11H2,1-2H3,(H2,25,26,27). The lowest BCUT2D eigenvalue weighted by molar-refractivity contribution is 0.413. The third kappa shape index (κ3) is 4.06. The maximum absolute atomic E-state index is 14.7. The predicted molar refractivity (Wildman–Crippen MR) is 112 cm³/mol. The Morgan fingerprint density at radius 2 is 1.84 bits per heavy atom. The lowest BCUT2D eigenvalue weighted by Gasteiger charge is -2.24. The molecule has 1 aliphatic rings. The third-order valence-corrected chi connectivity index (χ3v) is 6.08. The van der Waals surface area contributed by atoms with E-state index in [2.05, 4.69) is 20.0 Å². The van der Waals surface area contributed by atoms with E-state index in [1.54, 1.807) is 43.5 Å². The van der Waals surface area contributed by atoms with Gasteiger partial charge in [0, 0.05) is 6.20 Å². The first-order chi connectivity index (χ1) is 14.8. The number of sulfonamides is 1. The molecule has 2 heterocycles. The Hall–Kier alpha value is -3.53. The van der Waals surface area contributed by atoms with Gasteiger partial charge in [0.15, 0.2) is 11.6 Å². The van der Waals surface area contributed by atoms with E-state index in [1.165, 1.54) is 0 Å². The largest absolute Gasteiger partial charge is 0.452 e. The molecular weight excluding hydrogens is 426 g/mol. The number of pyridine rings is 1. The van der Waals surface area contributed by atoms with Crippen LogP contribution in [0, 0.1) is 25.5 Å². The van der Waals surface area contributed by atoms with Crippen LogP contribution in [0.1, 0.15) is 16.8 Å². The van der Waals surface area contributed by atoms with Crippen molar-refractivity contribution < 1.29 is 21.9 Å². The smallest absolute Gasteiger partial charge is 0.266 e. The number of rotatable bonds is 4. The molecule has 1 aliphatic heterocycles. The van der Waals surface area contributed by atoms with Crippen LogP contribution in [0.2, 0.25) is 0 Å². The highest BCUT2D eigenvalue weighted by atomic mass is 32.2. The molecule has 0 spiro atoms. The Balaban J connectivity index is 1.78. The maximum Gasteiger partial charge on any atom is 0.266 e. The van der Waals surface area contributed by atoms with Gasteiger partial charge >= 0.3 is 0 Å². The summed E-state index contributed by atoms with van der Waals surface area (Å²) in [7, 11) is -4.22. The number of aromatic nitrogens is 1. The van der Waals surface area contributed by atoms with Gasteiger partial charge < -0.3 is 10.1 Å². The van der Waals surface area contributed by atoms with Gasteiger partial charge in [0.2, 0.25) is 11.8 Å². The van der Waals surface area contributed by atoms with Crippen LogP contribution in [0.15, 0.2) is 58.5 Å². The Morgan fingerprint density at radius 3 is 2.58 bits per heavy atom. The number of fused-ring (bicyclic) bond motifs is 1. The van der Waals surface area contributed by atoms with E-state index in [1.807, 2.05) is 13.0 Å². The monoisotopic (exact) mass is 444 g/mol. The van der Waals surface area contributed by atoms with E-state index in [4.69, 9.17) is 4.74 Å². The fourth-order valence-electron chi connectivity index (χ4n) is 3.02. The quantitative estimate of drug-likeness (QED) is 0.634. The van der Waals surface area contributed by atoms with E-state index in [0.717, 1.165) is 5.56 Å². The minimum atomic E-state index is -4.22. The number of para-hydroxylation sites is 1. The SMILES string of the molecule is Cc1ccccc1Oc1c(F)c(F)cc2c1NC(=NCc1ncccc1C)NS2(=O)=O. The lowest BCUT2D eigenvalue weighted by Crippen LogP contribution is -2.41. The van der Waals surface area contributed by atoms with Crippen LogP contribution in [-0.4, -0.2) is 19.4 Å². The molecule has 0 amide bonds. The minimum absolute atomic E-state index is 0.0739. The summed E-state index contributed by atoms with van der Waals surface area (Å²) in [5.74, 6) is -3.13. The van der Waals surface area contributed by atoms with Crippen molar-refractivity contribution in [3.8, 4) is 11.5 Å². The second-order valence-corrected chi connectivity index (χ2v) is 8.56. The summed E-state index contributed by atoms with van der Waals surface area (Å²) >= 11 is 0. The number of hydrogen-bond donors (Lipinski definition) is 2. The Morgan fingerprint density at radius 1 is 1.10 bits per heavy atom. The van der Waals surface area contributed by atoms with E-state index in [-0.39, 0.29) is 23.9 Å². The molecule has 0 radical (unpaired) electrons. The highest BCUT2D eigenvalue weighted by Crippen LogP contribution is 2.41. The van der Waals surface area contributed by atoms with Crippen molar-refractivity contribution in [2.45, 2.75) is 25.3 Å². The number of halogens is 2. The molecule has 31 heavy (non-hydrogen) atoms. The van der Waals surface area contributed by atoms with Crippen molar-refractivity contribution in [3.63, 3.8) is 0 Å². The number of guanidine groups is 1. The van der Waals surface area contributed by atoms with Gasteiger partial charge in [0.1, 0.15) is 16.3 Å². The molecule has 7 nitrogen and oxygen atoms in total. The van der Waals surface area contributed by atoms with E-state index >= 15 is 0 Å². The highest BCUT2D eigenvalue weighted by Gasteiger charge is 2.33. The van der Waals surface area contributed by atoms with Crippen LogP contribution in [0.3, 0.4) is 0 Å². The second kappa shape index (κ2) is 7.95. The van der Waals surface area contributed by atoms with Crippen LogP contribution in [0.25, 0.3) is 0 Å². The second-order valence-electron chi connectivity index (χ2n) is 6.90. The van der Waals surface area contributed by atoms with Crippen LogP contribution < -0.4 is 14.8 Å². The summed E-state index contributed by atoms with van der Waals surface area (Å²) in [5.41, 5.74) is 1.94. The average Bonchev–Trinajstić information content (AvgIpc) is 2.72. The molecule has 0 saturated carbocycles. The molecule has 3 aromatic rings. The molecule has 0 bridgehead atoms. The molecule has 0 saturated heterocycles. The fourth-order valence-corrected chi connectivity index (χ4v) is 4.17. The van der Waals surface area contributed by atoms with Gasteiger partial charge in [-0.3, -0.25) is 4.98 Å². The van der Waals surface area contributed by atoms with Crippen LogP contribution in [0.4, 0.5) is 14.5 Å². The van der Waals surface area contributed by atoms with Gasteiger partial charge in [-0.25, -0.2) is 22.5 Å². The number of benzene rings is 2. The first kappa shape index (κ1) is 20.7. The summed E-state index contributed by atoms with van der Waals surface area (Å²) in [6.45, 7) is 3.65. The van der Waals surface area contributed by atoms with Gasteiger partial charge in [-0.05, 0) is 43.2 Å². The fraction of sp³-hybridized carbons (Fsp3) is 0.143. The summed E-state index contributed by atoms with van der Waals surface area (Å²) in [5, 5.41) is 2.72. The molecule has 0 fully saturated rings. The molecule has 0 unspecified atom stereocenters. The number of nitrogens with zero attached hydrogens (tertiary/aromatic N) is 2. The van der Waals surface area contributed by atoms with Gasteiger partial charge in [-0.2, -0.15) is 4.39 Å². The zero-order valence-electron chi connectivity index (χ0n) is 16.6. The van der Waals surface area contributed by atoms with Crippen molar-refractivity contribution >= 4 is 21.7 Å². The summed E-state index contributed by atoms with van der Waals surface area (Å²) in [6, 6.07) is 11.0. The molecule has 10 heteroatoms. The average molecular weight is 444 g/mol. The molecule has 0 aliphatic carbocycles. The molecule has 1 aromatic heterocycles. The van der Waals surface area contributed by atoms with Gasteiger partial charge in [0.25, 0.3) is 10.0 Å². The van der Waals surface area contributed by atoms with Gasteiger partial charge in [-0.15, -0.1) is 0 Å². The number of hydrogen-bond acceptors (Lipinski definition) is 5. The first-order valence-corrected chi connectivity index (χ1v) is 10.7. The number of nitrogens with one attached hydrogen (secondary N) is 2. The molecule has 0 atom stereocenters. The van der Waals surface area contributed by atoms with Crippen LogP contribution in [0.5, 0.6) is 11.5 Å². The van der Waals surface area contributed by atoms with Gasteiger partial charge in [-0.1, -0.05) is 24.3 Å². The normalized spacial score (nSPS) is 15.7. The summed E-state index contributed by atoms with van der Waals surface area (Å²) in [6.07, 6.45) is 1.60. The third-order valence-electron chi connectivity index (χ3n) is 4.71. The van der Waals surface area contributed by atoms with E-state index in [0.29, 0.717) is 17.3 Å². The lowest BCUT2D eigenvalue weighted by atomic mass is 10.2. The van der Waals surface area contributed by atoms with E-state index < -0.39 is 32.3 Å². The summed E-state index contributed by atoms with van der Waals surface area (Å²) < 4.78 is 62.1. The number of aliphatic imine (C=N–C) groups is 1. The van der Waals surface area contributed by atoms with Crippen LogP contribution >= 0.6 is 0 Å². The Bertz CT molecular complexity index is 1310. The number of ether oxygens (including phenoxy) is 1.